The molecule has 0 saturated heterocycles. The molecule has 0 atom stereocenters. The maximum atomic E-state index is 12.8. The molecule has 0 aliphatic carbocycles. The van der Waals surface area contributed by atoms with E-state index in [9.17, 15) is 9.59 Å². The van der Waals surface area contributed by atoms with E-state index in [0.717, 1.165) is 15.1 Å². The minimum atomic E-state index is -0.405. The first kappa shape index (κ1) is 21.6. The Bertz CT molecular complexity index is 1350. The molecule has 0 aliphatic heterocycles. The normalized spacial score (nSPS) is 11.0. The van der Waals surface area contributed by atoms with Gasteiger partial charge in [0.2, 0.25) is 5.91 Å². The molecule has 0 aliphatic rings. The Morgan fingerprint density at radius 3 is 2.78 bits per heavy atom. The Hall–Kier alpha value is -3.59. The van der Waals surface area contributed by atoms with E-state index < -0.39 is 5.69 Å². The molecule has 2 aromatic carbocycles. The summed E-state index contributed by atoms with van der Waals surface area (Å²) in [5.41, 5.74) is 2.84. The number of carbonyl (C=O) groups excluding carboxylic acids is 1. The summed E-state index contributed by atoms with van der Waals surface area (Å²) in [4.78, 5) is 30.9. The largest absolute Gasteiger partial charge is 0.492 e. The lowest BCUT2D eigenvalue weighted by atomic mass is 10.2. The summed E-state index contributed by atoms with van der Waals surface area (Å²) < 4.78 is 8.08. The molecule has 1 N–H and O–H groups in total. The van der Waals surface area contributed by atoms with Gasteiger partial charge in [0, 0.05) is 17.3 Å². The van der Waals surface area contributed by atoms with Crippen molar-refractivity contribution in [3.05, 3.63) is 76.5 Å². The molecule has 32 heavy (non-hydrogen) atoms. The van der Waals surface area contributed by atoms with E-state index in [1.165, 1.54) is 21.7 Å². The van der Waals surface area contributed by atoms with Crippen LogP contribution in [0.1, 0.15) is 18.1 Å². The van der Waals surface area contributed by atoms with Gasteiger partial charge < -0.3 is 10.1 Å². The number of nitrogens with zero attached hydrogens (tertiary/aromatic N) is 4. The number of nitrogens with one attached hydrogen (secondary N) is 1. The van der Waals surface area contributed by atoms with E-state index >= 15 is 0 Å². The summed E-state index contributed by atoms with van der Waals surface area (Å²) in [5, 5.41) is 7.77. The predicted molar refractivity (Wildman–Crippen MR) is 124 cm³/mol. The van der Waals surface area contributed by atoms with Crippen molar-refractivity contribution in [2.75, 3.05) is 11.9 Å². The van der Waals surface area contributed by atoms with E-state index in [0.29, 0.717) is 28.7 Å². The average Bonchev–Trinajstić information content (AvgIpc) is 3.08. The van der Waals surface area contributed by atoms with Crippen LogP contribution in [-0.2, 0) is 11.3 Å². The van der Waals surface area contributed by atoms with Crippen LogP contribution in [0.4, 0.5) is 5.69 Å². The zero-order valence-electron chi connectivity index (χ0n) is 18.0. The van der Waals surface area contributed by atoms with Crippen LogP contribution in [0.25, 0.3) is 5.65 Å². The van der Waals surface area contributed by atoms with Crippen molar-refractivity contribution < 1.29 is 9.53 Å². The Kier molecular flexibility index (Phi) is 6.27. The molecule has 1 amide bonds. The molecule has 8 nitrogen and oxygen atoms in total. The molecule has 2 aromatic heterocycles. The molecule has 0 spiro atoms. The lowest BCUT2D eigenvalue weighted by Crippen LogP contribution is -2.28. The quantitative estimate of drug-likeness (QED) is 0.463. The highest BCUT2D eigenvalue weighted by Crippen LogP contribution is 2.31. The zero-order valence-corrected chi connectivity index (χ0v) is 18.8. The highest BCUT2D eigenvalue weighted by Gasteiger charge is 2.16. The molecule has 2 heterocycles. The molecule has 0 radical (unpaired) electrons. The minimum absolute atomic E-state index is 0.228. The molecule has 9 heteroatoms. The Morgan fingerprint density at radius 1 is 1.19 bits per heavy atom. The van der Waals surface area contributed by atoms with E-state index in [1.54, 1.807) is 30.6 Å². The first-order chi connectivity index (χ1) is 15.5. The fourth-order valence-corrected chi connectivity index (χ4v) is 4.20. The number of benzene rings is 2. The van der Waals surface area contributed by atoms with Crippen LogP contribution in [0, 0.1) is 13.8 Å². The van der Waals surface area contributed by atoms with Gasteiger partial charge in [0.05, 0.1) is 12.3 Å². The molecule has 4 rings (SSSR count). The van der Waals surface area contributed by atoms with Crippen LogP contribution in [0.3, 0.4) is 0 Å². The minimum Gasteiger partial charge on any atom is -0.492 e. The number of aromatic nitrogens is 4. The monoisotopic (exact) mass is 449 g/mol. The molecule has 4 aromatic rings. The lowest BCUT2D eigenvalue weighted by molar-refractivity contribution is -0.117. The summed E-state index contributed by atoms with van der Waals surface area (Å²) in [6.45, 7) is 6.20. The fraction of sp³-hybridized carbons (Fsp3) is 0.217. The SMILES string of the molecule is CCOc1ccccc1NC(=O)Cn1nc2c(Sc3ccc(C)cc3C)nccn2c1=O. The fourth-order valence-electron chi connectivity index (χ4n) is 3.30. The average molecular weight is 450 g/mol. The Balaban J connectivity index is 1.59. The van der Waals surface area contributed by atoms with Gasteiger partial charge in [0.15, 0.2) is 5.65 Å². The van der Waals surface area contributed by atoms with Crippen LogP contribution in [-0.4, -0.2) is 31.7 Å². The van der Waals surface area contributed by atoms with Gasteiger partial charge in [-0.15, -0.1) is 5.10 Å². The first-order valence-corrected chi connectivity index (χ1v) is 11.0. The van der Waals surface area contributed by atoms with Crippen molar-refractivity contribution in [3.8, 4) is 5.75 Å². The highest BCUT2D eigenvalue weighted by atomic mass is 32.2. The number of aryl methyl sites for hydroxylation is 2. The number of hydrogen-bond donors (Lipinski definition) is 1. The molecule has 0 bridgehead atoms. The highest BCUT2D eigenvalue weighted by molar-refractivity contribution is 7.99. The maximum Gasteiger partial charge on any atom is 0.350 e. The van der Waals surface area contributed by atoms with Crippen LogP contribution < -0.4 is 15.7 Å². The molecule has 164 valence electrons. The van der Waals surface area contributed by atoms with Gasteiger partial charge in [-0.05, 0) is 44.5 Å². The van der Waals surface area contributed by atoms with Crippen molar-refractivity contribution in [1.82, 2.24) is 19.2 Å². The number of amides is 1. The van der Waals surface area contributed by atoms with Gasteiger partial charge in [0.1, 0.15) is 17.3 Å². The zero-order chi connectivity index (χ0) is 22.7. The van der Waals surface area contributed by atoms with E-state index in [2.05, 4.69) is 21.5 Å². The molecule has 0 unspecified atom stereocenters. The standard InChI is InChI=1S/C23H23N5O3S/c1-4-31-18-8-6-5-7-17(18)25-20(29)14-28-23(30)27-12-11-24-22(21(27)26-28)32-19-10-9-15(2)13-16(19)3/h5-13H,4,14H2,1-3H3,(H,25,29). The summed E-state index contributed by atoms with van der Waals surface area (Å²) in [5.74, 6) is 0.196. The first-order valence-electron chi connectivity index (χ1n) is 10.2. The van der Waals surface area contributed by atoms with Crippen molar-refractivity contribution in [2.45, 2.75) is 37.2 Å². The number of para-hydroxylation sites is 2. The summed E-state index contributed by atoms with van der Waals surface area (Å²) in [6, 6.07) is 13.3. The second-order valence-corrected chi connectivity index (χ2v) is 8.25. The maximum absolute atomic E-state index is 12.8. The van der Waals surface area contributed by atoms with Crippen LogP contribution in [0.15, 0.2) is 69.6 Å². The van der Waals surface area contributed by atoms with Crippen LogP contribution >= 0.6 is 11.8 Å². The third-order valence-electron chi connectivity index (χ3n) is 4.76. The summed E-state index contributed by atoms with van der Waals surface area (Å²) >= 11 is 1.44. The molecular weight excluding hydrogens is 426 g/mol. The van der Waals surface area contributed by atoms with Gasteiger partial charge >= 0.3 is 5.69 Å². The van der Waals surface area contributed by atoms with E-state index in [-0.39, 0.29) is 12.5 Å². The lowest BCUT2D eigenvalue weighted by Gasteiger charge is -2.10. The second-order valence-electron chi connectivity index (χ2n) is 7.21. The topological polar surface area (TPSA) is 90.5 Å². The van der Waals surface area contributed by atoms with Crippen LogP contribution in [0.2, 0.25) is 0 Å². The third-order valence-corrected chi connectivity index (χ3v) is 5.92. The van der Waals surface area contributed by atoms with Gasteiger partial charge in [-0.25, -0.2) is 18.9 Å². The Morgan fingerprint density at radius 2 is 2.00 bits per heavy atom. The van der Waals surface area contributed by atoms with Gasteiger partial charge in [-0.3, -0.25) is 4.79 Å². The molecular formula is C23H23N5O3S. The van der Waals surface area contributed by atoms with E-state index in [4.69, 9.17) is 4.74 Å². The predicted octanol–water partition coefficient (Wildman–Crippen LogP) is 3.70. The Labute approximate surface area is 189 Å². The number of hydrogen-bond acceptors (Lipinski definition) is 6. The molecule has 0 saturated carbocycles. The van der Waals surface area contributed by atoms with Gasteiger partial charge in [-0.2, -0.15) is 0 Å². The van der Waals surface area contributed by atoms with Gasteiger partial charge in [-0.1, -0.05) is 41.6 Å². The third kappa shape index (κ3) is 4.52. The van der Waals surface area contributed by atoms with Crippen molar-refractivity contribution in [2.24, 2.45) is 0 Å². The summed E-state index contributed by atoms with van der Waals surface area (Å²) in [6.07, 6.45) is 3.11. The molecule has 0 fully saturated rings. The number of rotatable bonds is 7. The van der Waals surface area contributed by atoms with Crippen molar-refractivity contribution in [1.29, 1.82) is 0 Å². The van der Waals surface area contributed by atoms with Crippen molar-refractivity contribution >= 4 is 29.0 Å². The van der Waals surface area contributed by atoms with Crippen molar-refractivity contribution in [3.63, 3.8) is 0 Å². The number of fused-ring (bicyclic) bond motifs is 1. The van der Waals surface area contributed by atoms with Crippen LogP contribution in [0.5, 0.6) is 5.75 Å². The van der Waals surface area contributed by atoms with Gasteiger partial charge in [0.25, 0.3) is 0 Å². The smallest absolute Gasteiger partial charge is 0.350 e. The number of carbonyl (C=O) groups is 1. The number of anilines is 1. The number of ether oxygens (including phenoxy) is 1. The second kappa shape index (κ2) is 9.27. The summed E-state index contributed by atoms with van der Waals surface area (Å²) in [7, 11) is 0. The van der Waals surface area contributed by atoms with E-state index in [1.807, 2.05) is 39.0 Å².